The third kappa shape index (κ3) is 3.65. The van der Waals surface area contributed by atoms with E-state index in [4.69, 9.17) is 16.3 Å². The molecule has 0 aliphatic carbocycles. The Labute approximate surface area is 96.5 Å². The van der Waals surface area contributed by atoms with Crippen LogP contribution in [0, 0.1) is 0 Å². The molecular weight excluding hydrogens is 214 g/mol. The van der Waals surface area contributed by atoms with E-state index >= 15 is 0 Å². The van der Waals surface area contributed by atoms with Gasteiger partial charge in [0.2, 0.25) is 5.91 Å². The number of hydrogen-bond donors (Lipinski definition) is 1. The molecule has 1 amide bonds. The first kappa shape index (κ1) is 12.8. The van der Waals surface area contributed by atoms with Gasteiger partial charge in [-0.1, -0.05) is 6.92 Å². The molecule has 15 heavy (non-hydrogen) atoms. The molecule has 1 saturated heterocycles. The summed E-state index contributed by atoms with van der Waals surface area (Å²) in [6.07, 6.45) is 3.52. The monoisotopic (exact) mass is 233 g/mol. The Balaban J connectivity index is 2.46. The quantitative estimate of drug-likeness (QED) is 0.756. The summed E-state index contributed by atoms with van der Waals surface area (Å²) in [5.41, 5.74) is -0.306. The fraction of sp³-hybridized carbons (Fsp3) is 0.909. The third-order valence-electron chi connectivity index (χ3n) is 2.97. The van der Waals surface area contributed by atoms with E-state index in [1.807, 2.05) is 13.8 Å². The van der Waals surface area contributed by atoms with Crippen LogP contribution in [0.3, 0.4) is 0 Å². The van der Waals surface area contributed by atoms with Gasteiger partial charge >= 0.3 is 0 Å². The number of alkyl halides is 1. The number of carbonyl (C=O) groups is 1. The van der Waals surface area contributed by atoms with Gasteiger partial charge in [-0.3, -0.25) is 4.79 Å². The summed E-state index contributed by atoms with van der Waals surface area (Å²) < 4.78 is 5.42. The van der Waals surface area contributed by atoms with Crippen molar-refractivity contribution in [1.29, 1.82) is 0 Å². The van der Waals surface area contributed by atoms with Crippen molar-refractivity contribution in [2.45, 2.75) is 51.2 Å². The van der Waals surface area contributed by atoms with Crippen LogP contribution in [-0.4, -0.2) is 30.0 Å². The summed E-state index contributed by atoms with van der Waals surface area (Å²) in [4.78, 5) is 11.8. The Morgan fingerprint density at radius 3 is 2.80 bits per heavy atom. The SMILES string of the molecule is CCC(C)(CCl)NC(=O)C1CCCCO1. The van der Waals surface area contributed by atoms with Crippen LogP contribution in [0.5, 0.6) is 0 Å². The largest absolute Gasteiger partial charge is 0.368 e. The second-order valence-electron chi connectivity index (χ2n) is 4.39. The average molecular weight is 234 g/mol. The van der Waals surface area contributed by atoms with Gasteiger partial charge in [0.25, 0.3) is 0 Å². The first-order valence-corrected chi connectivity index (χ1v) is 6.14. The highest BCUT2D eigenvalue weighted by atomic mass is 35.5. The minimum absolute atomic E-state index is 0.0142. The highest BCUT2D eigenvalue weighted by Gasteiger charge is 2.28. The van der Waals surface area contributed by atoms with Crippen molar-refractivity contribution in [3.63, 3.8) is 0 Å². The average Bonchev–Trinajstić information content (AvgIpc) is 2.30. The highest BCUT2D eigenvalue weighted by molar-refractivity contribution is 6.18. The summed E-state index contributed by atoms with van der Waals surface area (Å²) in [5, 5.41) is 2.97. The Morgan fingerprint density at radius 1 is 1.60 bits per heavy atom. The van der Waals surface area contributed by atoms with E-state index in [1.54, 1.807) is 0 Å². The Hall–Kier alpha value is -0.280. The van der Waals surface area contributed by atoms with Crippen molar-refractivity contribution in [1.82, 2.24) is 5.32 Å². The molecule has 0 aromatic carbocycles. The number of amides is 1. The van der Waals surface area contributed by atoms with E-state index in [1.165, 1.54) is 0 Å². The zero-order valence-electron chi connectivity index (χ0n) is 9.51. The maximum Gasteiger partial charge on any atom is 0.249 e. The standard InChI is InChI=1S/C11H20ClNO2/c1-3-11(2,8-12)13-10(14)9-6-4-5-7-15-9/h9H,3-8H2,1-2H3,(H,13,14). The van der Waals surface area contributed by atoms with Gasteiger partial charge < -0.3 is 10.1 Å². The third-order valence-corrected chi connectivity index (χ3v) is 3.56. The van der Waals surface area contributed by atoms with E-state index in [-0.39, 0.29) is 17.6 Å². The summed E-state index contributed by atoms with van der Waals surface area (Å²) in [6.45, 7) is 4.67. The lowest BCUT2D eigenvalue weighted by Crippen LogP contribution is -2.51. The highest BCUT2D eigenvalue weighted by Crippen LogP contribution is 2.16. The van der Waals surface area contributed by atoms with Gasteiger partial charge in [0, 0.05) is 12.5 Å². The van der Waals surface area contributed by atoms with Gasteiger partial charge in [0.15, 0.2) is 0 Å². The molecular formula is C11H20ClNO2. The number of rotatable bonds is 4. The van der Waals surface area contributed by atoms with E-state index in [0.29, 0.717) is 12.5 Å². The van der Waals surface area contributed by atoms with Crippen molar-refractivity contribution in [2.24, 2.45) is 0 Å². The normalized spacial score (nSPS) is 25.7. The Morgan fingerprint density at radius 2 is 2.33 bits per heavy atom. The number of ether oxygens (including phenoxy) is 1. The van der Waals surface area contributed by atoms with Crippen LogP contribution in [0.15, 0.2) is 0 Å². The topological polar surface area (TPSA) is 38.3 Å². The number of halogens is 1. The first-order valence-electron chi connectivity index (χ1n) is 5.61. The van der Waals surface area contributed by atoms with Crippen molar-refractivity contribution in [3.05, 3.63) is 0 Å². The summed E-state index contributed by atoms with van der Waals surface area (Å²) >= 11 is 5.84. The molecule has 1 N–H and O–H groups in total. The molecule has 0 aromatic heterocycles. The van der Waals surface area contributed by atoms with Crippen LogP contribution in [0.1, 0.15) is 39.5 Å². The molecule has 0 saturated carbocycles. The van der Waals surface area contributed by atoms with Crippen LogP contribution >= 0.6 is 11.6 Å². The van der Waals surface area contributed by atoms with Gasteiger partial charge in [0.1, 0.15) is 6.10 Å². The second-order valence-corrected chi connectivity index (χ2v) is 4.66. The van der Waals surface area contributed by atoms with Crippen molar-refractivity contribution in [3.8, 4) is 0 Å². The lowest BCUT2D eigenvalue weighted by molar-refractivity contribution is -0.137. The minimum Gasteiger partial charge on any atom is -0.368 e. The van der Waals surface area contributed by atoms with Gasteiger partial charge in [-0.05, 0) is 32.6 Å². The van der Waals surface area contributed by atoms with Crippen molar-refractivity contribution >= 4 is 17.5 Å². The molecule has 0 radical (unpaired) electrons. The maximum atomic E-state index is 11.8. The zero-order valence-corrected chi connectivity index (χ0v) is 10.3. The fourth-order valence-electron chi connectivity index (χ4n) is 1.54. The molecule has 1 fully saturated rings. The van der Waals surface area contributed by atoms with E-state index < -0.39 is 0 Å². The number of hydrogen-bond acceptors (Lipinski definition) is 2. The lowest BCUT2D eigenvalue weighted by Gasteiger charge is -2.30. The zero-order chi connectivity index (χ0) is 11.3. The van der Waals surface area contributed by atoms with Gasteiger partial charge in [-0.15, -0.1) is 11.6 Å². The van der Waals surface area contributed by atoms with Crippen LogP contribution in [0.2, 0.25) is 0 Å². The van der Waals surface area contributed by atoms with Crippen LogP contribution in [0.4, 0.5) is 0 Å². The molecule has 88 valence electrons. The minimum atomic E-state index is -0.306. The smallest absolute Gasteiger partial charge is 0.249 e. The van der Waals surface area contributed by atoms with Crippen molar-refractivity contribution < 1.29 is 9.53 Å². The molecule has 0 aromatic rings. The molecule has 0 bridgehead atoms. The predicted molar refractivity (Wildman–Crippen MR) is 61.1 cm³/mol. The Bertz CT molecular complexity index is 211. The predicted octanol–water partition coefficient (Wildman–Crippen LogP) is 2.08. The van der Waals surface area contributed by atoms with E-state index in [0.717, 1.165) is 25.7 Å². The maximum absolute atomic E-state index is 11.8. The van der Waals surface area contributed by atoms with E-state index in [2.05, 4.69) is 5.32 Å². The summed E-state index contributed by atoms with van der Waals surface area (Å²) in [7, 11) is 0. The van der Waals surface area contributed by atoms with Crippen LogP contribution < -0.4 is 5.32 Å². The molecule has 0 spiro atoms. The summed E-state index contributed by atoms with van der Waals surface area (Å²) in [6, 6.07) is 0. The molecule has 2 atom stereocenters. The molecule has 1 heterocycles. The Kier molecular flexibility index (Phi) is 4.87. The number of carbonyl (C=O) groups excluding carboxylic acids is 1. The van der Waals surface area contributed by atoms with Gasteiger partial charge in [-0.25, -0.2) is 0 Å². The molecule has 1 rings (SSSR count). The molecule has 4 heteroatoms. The lowest BCUT2D eigenvalue weighted by atomic mass is 10.0. The fourth-order valence-corrected chi connectivity index (χ4v) is 1.80. The molecule has 2 unspecified atom stereocenters. The van der Waals surface area contributed by atoms with E-state index in [9.17, 15) is 4.79 Å². The van der Waals surface area contributed by atoms with Crippen LogP contribution in [0.25, 0.3) is 0 Å². The summed E-state index contributed by atoms with van der Waals surface area (Å²) in [5.74, 6) is 0.418. The molecule has 3 nitrogen and oxygen atoms in total. The number of nitrogens with one attached hydrogen (secondary N) is 1. The van der Waals surface area contributed by atoms with Crippen molar-refractivity contribution in [2.75, 3.05) is 12.5 Å². The van der Waals surface area contributed by atoms with Gasteiger partial charge in [-0.2, -0.15) is 0 Å². The molecule has 1 aliphatic heterocycles. The van der Waals surface area contributed by atoms with Crippen LogP contribution in [-0.2, 0) is 9.53 Å². The first-order chi connectivity index (χ1) is 7.11. The second kappa shape index (κ2) is 5.71. The van der Waals surface area contributed by atoms with Gasteiger partial charge in [0.05, 0.1) is 5.54 Å². The molecule has 1 aliphatic rings.